The lowest BCUT2D eigenvalue weighted by Crippen LogP contribution is -2.40. The predicted molar refractivity (Wildman–Crippen MR) is 126 cm³/mol. The van der Waals surface area contributed by atoms with Gasteiger partial charge in [-0.3, -0.25) is 4.79 Å². The van der Waals surface area contributed by atoms with E-state index in [4.69, 9.17) is 21.1 Å². The highest BCUT2D eigenvalue weighted by Crippen LogP contribution is 2.27. The molecule has 0 unspecified atom stereocenters. The number of ether oxygens (including phenoxy) is 2. The number of hydrogen-bond donors (Lipinski definition) is 0. The van der Waals surface area contributed by atoms with E-state index in [0.717, 1.165) is 16.5 Å². The number of pyridine rings is 1. The number of benzene rings is 2. The van der Waals surface area contributed by atoms with Crippen molar-refractivity contribution >= 4 is 38.5 Å². The Kier molecular flexibility index (Phi) is 6.88. The number of nitrogens with zero attached hydrogens (tertiary/aromatic N) is 2. The van der Waals surface area contributed by atoms with Crippen molar-refractivity contribution in [1.29, 1.82) is 0 Å². The topological polar surface area (TPSA) is 85.8 Å². The molecule has 1 aromatic heterocycles. The zero-order valence-corrected chi connectivity index (χ0v) is 20.0. The number of hydrogen-bond acceptors (Lipinski definition) is 6. The SMILES string of the molecule is COc1ccc(S(=O)(=O)N2CCC(C(=O)OCc3cc4ccc(C)cc4nc3Cl)CC2)cc1. The Hall–Kier alpha value is -2.68. The van der Waals surface area contributed by atoms with E-state index in [0.29, 0.717) is 29.3 Å². The number of carbonyl (C=O) groups excluding carboxylic acids is 1. The molecule has 1 aliphatic rings. The van der Waals surface area contributed by atoms with Crippen molar-refractivity contribution in [1.82, 2.24) is 9.29 Å². The first kappa shape index (κ1) is 23.5. The highest BCUT2D eigenvalue weighted by molar-refractivity contribution is 7.89. The number of rotatable bonds is 6. The summed E-state index contributed by atoms with van der Waals surface area (Å²) in [6.07, 6.45) is 0.800. The molecule has 0 saturated carbocycles. The lowest BCUT2D eigenvalue weighted by Gasteiger charge is -2.30. The molecule has 0 radical (unpaired) electrons. The zero-order valence-electron chi connectivity index (χ0n) is 18.5. The molecule has 0 amide bonds. The van der Waals surface area contributed by atoms with E-state index in [1.54, 1.807) is 12.1 Å². The minimum Gasteiger partial charge on any atom is -0.497 e. The summed E-state index contributed by atoms with van der Waals surface area (Å²) in [6, 6.07) is 14.1. The predicted octanol–water partition coefficient (Wildman–Crippen LogP) is 4.35. The van der Waals surface area contributed by atoms with Crippen LogP contribution in [0.2, 0.25) is 5.15 Å². The average Bonchev–Trinajstić information content (AvgIpc) is 2.82. The summed E-state index contributed by atoms with van der Waals surface area (Å²) in [5.41, 5.74) is 2.52. The van der Waals surface area contributed by atoms with Gasteiger partial charge in [0.1, 0.15) is 17.5 Å². The molecule has 1 saturated heterocycles. The van der Waals surface area contributed by atoms with Gasteiger partial charge in [-0.05, 0) is 61.7 Å². The third-order valence-electron chi connectivity index (χ3n) is 5.85. The van der Waals surface area contributed by atoms with Crippen molar-refractivity contribution in [2.24, 2.45) is 5.92 Å². The summed E-state index contributed by atoms with van der Waals surface area (Å²) in [5.74, 6) is -0.119. The average molecular weight is 489 g/mol. The van der Waals surface area contributed by atoms with Gasteiger partial charge in [-0.2, -0.15) is 4.31 Å². The molecule has 33 heavy (non-hydrogen) atoms. The maximum absolute atomic E-state index is 12.9. The van der Waals surface area contributed by atoms with Gasteiger partial charge < -0.3 is 9.47 Å². The van der Waals surface area contributed by atoms with Crippen LogP contribution in [-0.4, -0.2) is 43.9 Å². The fourth-order valence-electron chi connectivity index (χ4n) is 3.89. The highest BCUT2D eigenvalue weighted by Gasteiger charge is 2.33. The number of methoxy groups -OCH3 is 1. The minimum atomic E-state index is -3.62. The van der Waals surface area contributed by atoms with Gasteiger partial charge in [-0.1, -0.05) is 23.7 Å². The van der Waals surface area contributed by atoms with Gasteiger partial charge in [0.2, 0.25) is 10.0 Å². The second-order valence-electron chi connectivity index (χ2n) is 8.10. The summed E-state index contributed by atoms with van der Waals surface area (Å²) in [6.45, 7) is 2.52. The number of fused-ring (bicyclic) bond motifs is 1. The molecule has 1 aliphatic heterocycles. The molecule has 1 fully saturated rings. The Labute approximate surface area is 198 Å². The van der Waals surface area contributed by atoms with E-state index in [-0.39, 0.29) is 36.5 Å². The third-order valence-corrected chi connectivity index (χ3v) is 8.09. The normalized spacial score (nSPS) is 15.5. The summed E-state index contributed by atoms with van der Waals surface area (Å²) < 4.78 is 37.8. The molecule has 0 N–H and O–H groups in total. The highest BCUT2D eigenvalue weighted by atomic mass is 35.5. The van der Waals surface area contributed by atoms with Crippen LogP contribution < -0.4 is 4.74 Å². The van der Waals surface area contributed by atoms with Crippen molar-refractivity contribution < 1.29 is 22.7 Å². The van der Waals surface area contributed by atoms with Crippen LogP contribution in [0.5, 0.6) is 5.75 Å². The quantitative estimate of drug-likeness (QED) is 0.379. The molecule has 4 rings (SSSR count). The smallest absolute Gasteiger partial charge is 0.309 e. The Morgan fingerprint density at radius 1 is 1.12 bits per heavy atom. The van der Waals surface area contributed by atoms with E-state index in [9.17, 15) is 13.2 Å². The minimum absolute atomic E-state index is 0.0266. The number of sulfonamides is 1. The third kappa shape index (κ3) is 5.13. The number of piperidine rings is 1. The molecule has 0 aliphatic carbocycles. The van der Waals surface area contributed by atoms with Crippen LogP contribution in [0.25, 0.3) is 10.9 Å². The lowest BCUT2D eigenvalue weighted by atomic mass is 9.98. The lowest BCUT2D eigenvalue weighted by molar-refractivity contribution is -0.151. The number of aryl methyl sites for hydroxylation is 1. The first-order valence-electron chi connectivity index (χ1n) is 10.6. The van der Waals surface area contributed by atoms with Crippen molar-refractivity contribution in [3.63, 3.8) is 0 Å². The summed E-state index contributed by atoms with van der Waals surface area (Å²) in [7, 11) is -2.09. The Balaban J connectivity index is 1.35. The molecule has 2 aromatic carbocycles. The van der Waals surface area contributed by atoms with Crippen LogP contribution in [0.1, 0.15) is 24.0 Å². The van der Waals surface area contributed by atoms with Crippen LogP contribution in [0.4, 0.5) is 0 Å². The van der Waals surface area contributed by atoms with Gasteiger partial charge in [0.05, 0.1) is 23.4 Å². The van der Waals surface area contributed by atoms with Crippen LogP contribution in [0.15, 0.2) is 53.4 Å². The fraction of sp³-hybridized carbons (Fsp3) is 0.333. The molecular formula is C24H25ClN2O5S. The molecule has 3 aromatic rings. The molecule has 174 valence electrons. The van der Waals surface area contributed by atoms with Crippen LogP contribution in [-0.2, 0) is 26.2 Å². The Morgan fingerprint density at radius 2 is 1.82 bits per heavy atom. The zero-order chi connectivity index (χ0) is 23.6. The van der Waals surface area contributed by atoms with E-state index in [2.05, 4.69) is 4.98 Å². The monoisotopic (exact) mass is 488 g/mol. The van der Waals surface area contributed by atoms with Gasteiger partial charge >= 0.3 is 5.97 Å². The number of carbonyl (C=O) groups is 1. The van der Waals surface area contributed by atoms with E-state index in [1.807, 2.05) is 31.2 Å². The van der Waals surface area contributed by atoms with E-state index < -0.39 is 10.0 Å². The van der Waals surface area contributed by atoms with Crippen LogP contribution in [0, 0.1) is 12.8 Å². The summed E-state index contributed by atoms with van der Waals surface area (Å²) in [4.78, 5) is 17.2. The number of esters is 1. The molecule has 0 bridgehead atoms. The van der Waals surface area contributed by atoms with Crippen molar-refractivity contribution in [3.05, 3.63) is 64.8 Å². The Bertz CT molecular complexity index is 1270. The maximum Gasteiger partial charge on any atom is 0.309 e. The number of aromatic nitrogens is 1. The summed E-state index contributed by atoms with van der Waals surface area (Å²) in [5, 5.41) is 1.23. The van der Waals surface area contributed by atoms with Crippen LogP contribution >= 0.6 is 11.6 Å². The first-order chi connectivity index (χ1) is 15.8. The molecule has 0 atom stereocenters. The molecule has 2 heterocycles. The number of halogens is 1. The largest absolute Gasteiger partial charge is 0.497 e. The van der Waals surface area contributed by atoms with Crippen molar-refractivity contribution in [3.8, 4) is 5.75 Å². The molecule has 9 heteroatoms. The molecule has 7 nitrogen and oxygen atoms in total. The van der Waals surface area contributed by atoms with Crippen LogP contribution in [0.3, 0.4) is 0 Å². The van der Waals surface area contributed by atoms with Gasteiger partial charge in [0.15, 0.2) is 0 Å². The van der Waals surface area contributed by atoms with Gasteiger partial charge in [-0.15, -0.1) is 0 Å². The summed E-state index contributed by atoms with van der Waals surface area (Å²) >= 11 is 6.29. The van der Waals surface area contributed by atoms with Gasteiger partial charge in [-0.25, -0.2) is 13.4 Å². The second-order valence-corrected chi connectivity index (χ2v) is 10.4. The van der Waals surface area contributed by atoms with Crippen molar-refractivity contribution in [2.75, 3.05) is 20.2 Å². The second kappa shape index (κ2) is 9.67. The fourth-order valence-corrected chi connectivity index (χ4v) is 5.56. The van der Waals surface area contributed by atoms with E-state index in [1.165, 1.54) is 23.5 Å². The standard InChI is InChI=1S/C24H25ClN2O5S/c1-16-3-4-18-14-19(23(25)26-22(18)13-16)15-32-24(28)17-9-11-27(12-10-17)33(29,30)21-7-5-20(31-2)6-8-21/h3-8,13-14,17H,9-12,15H2,1-2H3. The van der Waals surface area contributed by atoms with Gasteiger partial charge in [0, 0.05) is 24.0 Å². The van der Waals surface area contributed by atoms with Gasteiger partial charge in [0.25, 0.3) is 0 Å². The maximum atomic E-state index is 12.9. The molecular weight excluding hydrogens is 464 g/mol. The van der Waals surface area contributed by atoms with Crippen molar-refractivity contribution in [2.45, 2.75) is 31.3 Å². The molecule has 0 spiro atoms. The first-order valence-corrected chi connectivity index (χ1v) is 12.5. The Morgan fingerprint density at radius 3 is 2.48 bits per heavy atom. The van der Waals surface area contributed by atoms with E-state index >= 15 is 0 Å².